The van der Waals surface area contributed by atoms with Crippen molar-refractivity contribution >= 4 is 59.3 Å². The summed E-state index contributed by atoms with van der Waals surface area (Å²) in [5, 5.41) is 8.59. The van der Waals surface area contributed by atoms with Crippen LogP contribution in [0.3, 0.4) is 0 Å². The van der Waals surface area contributed by atoms with Crippen LogP contribution in [0.2, 0.25) is 0 Å². The van der Waals surface area contributed by atoms with E-state index in [1.165, 1.54) is 0 Å². The van der Waals surface area contributed by atoms with E-state index in [4.69, 9.17) is 0 Å². The van der Waals surface area contributed by atoms with Gasteiger partial charge in [0, 0.05) is 24.6 Å². The van der Waals surface area contributed by atoms with Crippen LogP contribution in [0.25, 0.3) is 0 Å². The average Bonchev–Trinajstić information content (AvgIpc) is 2.48. The minimum absolute atomic E-state index is 0.113. The maximum absolute atomic E-state index is 12.9. The predicted octanol–water partition coefficient (Wildman–Crippen LogP) is 8.47. The molecule has 0 N–H and O–H groups in total. The van der Waals surface area contributed by atoms with Crippen LogP contribution in [-0.2, 0) is 4.79 Å². The van der Waals surface area contributed by atoms with Gasteiger partial charge < -0.3 is 0 Å². The van der Waals surface area contributed by atoms with Gasteiger partial charge in [0.2, 0.25) is 0 Å². The van der Waals surface area contributed by atoms with Gasteiger partial charge in [-0.3, -0.25) is 4.79 Å². The summed E-state index contributed by atoms with van der Waals surface area (Å²) >= 11 is 10.4. The maximum Gasteiger partial charge on any atom is 0.186 e. The summed E-state index contributed by atoms with van der Waals surface area (Å²) in [6.07, 6.45) is 5.54. The highest BCUT2D eigenvalue weighted by Gasteiger charge is 2.33. The van der Waals surface area contributed by atoms with Crippen LogP contribution in [-0.4, -0.2) is 5.78 Å². The molecule has 0 saturated carbocycles. The van der Waals surface area contributed by atoms with E-state index in [9.17, 15) is 4.79 Å². The number of ketones is 1. The van der Waals surface area contributed by atoms with E-state index in [1.807, 2.05) is 24.3 Å². The van der Waals surface area contributed by atoms with E-state index in [0.717, 1.165) is 30.1 Å². The average molecular weight is 559 g/mol. The number of Topliss-reactive ketones (excluding diaryl/α,β-unsaturated/α-hetero) is 1. The van der Waals surface area contributed by atoms with Gasteiger partial charge in [-0.1, -0.05) is 57.5 Å². The lowest BCUT2D eigenvalue weighted by Gasteiger charge is -2.31. The summed E-state index contributed by atoms with van der Waals surface area (Å²) in [5.41, 5.74) is 2.69. The summed E-state index contributed by atoms with van der Waals surface area (Å²) in [6.45, 7) is 12.3. The third-order valence-corrected chi connectivity index (χ3v) is 5.74. The number of hydrogen-bond acceptors (Lipinski definition) is 3. The molecule has 27 heavy (non-hydrogen) atoms. The Morgan fingerprint density at radius 1 is 0.852 bits per heavy atom. The van der Waals surface area contributed by atoms with Gasteiger partial charge in [-0.2, -0.15) is 5.11 Å². The molecule has 0 saturated heterocycles. The molecule has 2 rings (SSSR count). The number of hydrogen-bond donors (Lipinski definition) is 0. The fourth-order valence-corrected chi connectivity index (χ4v) is 5.04. The zero-order chi connectivity index (χ0) is 20.6. The number of carbonyl (C=O) groups is 1. The first-order valence-corrected chi connectivity index (χ1v) is 10.9. The second kappa shape index (κ2) is 8.26. The summed E-state index contributed by atoms with van der Waals surface area (Å²) in [4.78, 5) is 12.9. The highest BCUT2D eigenvalue weighted by atomic mass is 79.9. The quantitative estimate of drug-likeness (QED) is 0.336. The Bertz CT molecular complexity index is 836. The Morgan fingerprint density at radius 2 is 1.30 bits per heavy atom. The monoisotopic (exact) mass is 556 g/mol. The van der Waals surface area contributed by atoms with Crippen molar-refractivity contribution in [3.05, 3.63) is 60.6 Å². The number of carbonyl (C=O) groups excluding carboxylic acids is 1. The van der Waals surface area contributed by atoms with Crippen molar-refractivity contribution in [2.24, 2.45) is 21.1 Å². The van der Waals surface area contributed by atoms with Crippen molar-refractivity contribution in [2.75, 3.05) is 0 Å². The minimum atomic E-state index is -0.240. The van der Waals surface area contributed by atoms with Crippen LogP contribution in [0.1, 0.15) is 41.5 Å². The van der Waals surface area contributed by atoms with Crippen LogP contribution in [0.5, 0.6) is 0 Å². The molecule has 0 unspecified atom stereocenters. The van der Waals surface area contributed by atoms with E-state index in [1.54, 1.807) is 6.20 Å². The lowest BCUT2D eigenvalue weighted by Crippen LogP contribution is -2.27. The number of rotatable bonds is 2. The molecule has 0 amide bonds. The van der Waals surface area contributed by atoms with Gasteiger partial charge in [-0.05, 0) is 72.5 Å². The summed E-state index contributed by atoms with van der Waals surface area (Å²) < 4.78 is 2.61. The first-order chi connectivity index (χ1) is 12.3. The Morgan fingerprint density at radius 3 is 1.70 bits per heavy atom. The molecule has 0 heterocycles. The van der Waals surface area contributed by atoms with E-state index in [2.05, 4.69) is 99.6 Å². The van der Waals surface area contributed by atoms with Gasteiger partial charge in [0.1, 0.15) is 5.69 Å². The number of halogens is 3. The van der Waals surface area contributed by atoms with E-state index >= 15 is 0 Å². The molecule has 0 aromatic heterocycles. The molecular formula is C21H23Br3N2O. The number of nitrogens with zero attached hydrogens (tertiary/aromatic N) is 2. The van der Waals surface area contributed by atoms with Crippen molar-refractivity contribution in [2.45, 2.75) is 41.5 Å². The van der Waals surface area contributed by atoms with Crippen LogP contribution < -0.4 is 0 Å². The largest absolute Gasteiger partial charge is 0.289 e. The lowest BCUT2D eigenvalue weighted by molar-refractivity contribution is -0.114. The third-order valence-electron chi connectivity index (χ3n) is 4.07. The molecule has 0 spiro atoms. The van der Waals surface area contributed by atoms with Gasteiger partial charge in [0.15, 0.2) is 5.78 Å². The maximum atomic E-state index is 12.9. The lowest BCUT2D eigenvalue weighted by atomic mass is 9.72. The highest BCUT2D eigenvalue weighted by Crippen LogP contribution is 2.39. The van der Waals surface area contributed by atoms with Crippen LogP contribution in [0, 0.1) is 10.8 Å². The molecule has 0 atom stereocenters. The molecule has 3 nitrogen and oxygen atoms in total. The zero-order valence-electron chi connectivity index (χ0n) is 16.3. The normalized spacial score (nSPS) is 15.9. The Hall–Kier alpha value is -0.850. The fourth-order valence-electron chi connectivity index (χ4n) is 2.62. The van der Waals surface area contributed by atoms with Crippen molar-refractivity contribution in [3.8, 4) is 0 Å². The summed E-state index contributed by atoms with van der Waals surface area (Å²) in [7, 11) is 0. The minimum Gasteiger partial charge on any atom is -0.289 e. The Labute approximate surface area is 186 Å². The second-order valence-electron chi connectivity index (χ2n) is 8.51. The topological polar surface area (TPSA) is 41.8 Å². The fraction of sp³-hybridized carbons (Fsp3) is 0.381. The molecule has 6 heteroatoms. The summed E-state index contributed by atoms with van der Waals surface area (Å²) in [5.74, 6) is 0.113. The summed E-state index contributed by atoms with van der Waals surface area (Å²) in [6, 6.07) is 3.83. The van der Waals surface area contributed by atoms with Gasteiger partial charge in [-0.15, -0.1) is 5.11 Å². The van der Waals surface area contributed by atoms with E-state index < -0.39 is 0 Å². The second-order valence-corrected chi connectivity index (χ2v) is 11.1. The molecule has 1 aliphatic carbocycles. The molecular weight excluding hydrogens is 536 g/mol. The van der Waals surface area contributed by atoms with Gasteiger partial charge in [0.25, 0.3) is 0 Å². The third kappa shape index (κ3) is 5.58. The number of benzene rings is 1. The predicted molar refractivity (Wildman–Crippen MR) is 122 cm³/mol. The molecule has 1 aromatic rings. The SMILES string of the molecule is CC(C)(C)C1=CC(=CN=Nc2c(Br)cc(Br)cc2Br)C=C(C(C)(C)C)C1=O. The van der Waals surface area contributed by atoms with Crippen molar-refractivity contribution in [3.63, 3.8) is 0 Å². The van der Waals surface area contributed by atoms with Crippen molar-refractivity contribution in [1.29, 1.82) is 0 Å². The number of allylic oxidation sites excluding steroid dienone is 5. The number of azo groups is 1. The van der Waals surface area contributed by atoms with Crippen LogP contribution in [0.15, 0.2) is 70.9 Å². The van der Waals surface area contributed by atoms with Crippen molar-refractivity contribution in [1.82, 2.24) is 0 Å². The van der Waals surface area contributed by atoms with Gasteiger partial charge in [0.05, 0.1) is 6.20 Å². The van der Waals surface area contributed by atoms with Gasteiger partial charge >= 0.3 is 0 Å². The molecule has 0 radical (unpaired) electrons. The zero-order valence-corrected chi connectivity index (χ0v) is 21.1. The highest BCUT2D eigenvalue weighted by molar-refractivity contribution is 9.11. The molecule has 0 fully saturated rings. The smallest absolute Gasteiger partial charge is 0.186 e. The van der Waals surface area contributed by atoms with Gasteiger partial charge in [-0.25, -0.2) is 0 Å². The van der Waals surface area contributed by atoms with Crippen LogP contribution >= 0.6 is 47.8 Å². The molecule has 144 valence electrons. The van der Waals surface area contributed by atoms with Crippen molar-refractivity contribution < 1.29 is 4.79 Å². The molecule has 1 aromatic carbocycles. The molecule has 1 aliphatic rings. The Kier molecular flexibility index (Phi) is 6.86. The first kappa shape index (κ1) is 22.4. The molecule has 0 bridgehead atoms. The van der Waals surface area contributed by atoms with E-state index in [-0.39, 0.29) is 16.6 Å². The van der Waals surface area contributed by atoms with Crippen LogP contribution in [0.4, 0.5) is 5.69 Å². The first-order valence-electron chi connectivity index (χ1n) is 8.55. The Balaban J connectivity index is 2.47. The van der Waals surface area contributed by atoms with E-state index in [0.29, 0.717) is 5.69 Å². The molecule has 0 aliphatic heterocycles. The standard InChI is InChI=1S/C21H23Br3N2O/c1-20(2,3)14-7-12(8-15(19(14)27)21(4,5)6)11-25-26-18-16(23)9-13(22)10-17(18)24/h7-11H,1-6H3.